The molecule has 0 bridgehead atoms. The molecule has 19 heavy (non-hydrogen) atoms. The van der Waals surface area contributed by atoms with Crippen LogP contribution in [0.3, 0.4) is 0 Å². The van der Waals surface area contributed by atoms with Crippen LogP contribution in [0.5, 0.6) is 5.88 Å². The van der Waals surface area contributed by atoms with Gasteiger partial charge in [-0.2, -0.15) is 4.98 Å². The Morgan fingerprint density at radius 2 is 2.05 bits per heavy atom. The summed E-state index contributed by atoms with van der Waals surface area (Å²) in [5.41, 5.74) is 1.03. The van der Waals surface area contributed by atoms with Crippen molar-refractivity contribution in [2.75, 3.05) is 32.2 Å². The summed E-state index contributed by atoms with van der Waals surface area (Å²) in [6.07, 6.45) is 0.987. The smallest absolute Gasteiger partial charge is 0.226 e. The number of anilines is 1. The summed E-state index contributed by atoms with van der Waals surface area (Å²) >= 11 is 0. The molecular weight excluding hydrogens is 242 g/mol. The normalized spacial score (nSPS) is 11.4. The molecule has 0 radical (unpaired) electrons. The van der Waals surface area contributed by atoms with Crippen molar-refractivity contribution in [1.82, 2.24) is 9.97 Å². The predicted molar refractivity (Wildman–Crippen MR) is 76.7 cm³/mol. The molecule has 0 fully saturated rings. The van der Waals surface area contributed by atoms with Gasteiger partial charge >= 0.3 is 0 Å². The maximum absolute atomic E-state index is 5.41. The minimum atomic E-state index is 0.134. The lowest BCUT2D eigenvalue weighted by Gasteiger charge is -2.24. The third-order valence-electron chi connectivity index (χ3n) is 2.83. The molecule has 5 heteroatoms. The van der Waals surface area contributed by atoms with Crippen LogP contribution in [0.1, 0.15) is 32.9 Å². The van der Waals surface area contributed by atoms with Gasteiger partial charge in [0.15, 0.2) is 0 Å². The summed E-state index contributed by atoms with van der Waals surface area (Å²) in [5, 5.41) is 3.28. The molecule has 1 N–H and O–H groups in total. The van der Waals surface area contributed by atoms with Gasteiger partial charge in [-0.3, -0.25) is 0 Å². The number of nitrogens with one attached hydrogen (secondary N) is 1. The van der Waals surface area contributed by atoms with Crippen LogP contribution in [0.4, 0.5) is 5.95 Å². The van der Waals surface area contributed by atoms with Crippen LogP contribution in [0, 0.1) is 12.3 Å². The highest BCUT2D eigenvalue weighted by molar-refractivity contribution is 5.30. The number of methoxy groups -OCH3 is 1. The fourth-order valence-electron chi connectivity index (χ4n) is 1.63. The summed E-state index contributed by atoms with van der Waals surface area (Å²) in [4.78, 5) is 8.70. The minimum absolute atomic E-state index is 0.134. The van der Waals surface area contributed by atoms with Crippen LogP contribution in [0.2, 0.25) is 0 Å². The van der Waals surface area contributed by atoms with Crippen LogP contribution in [-0.4, -0.2) is 36.8 Å². The van der Waals surface area contributed by atoms with E-state index in [1.165, 1.54) is 0 Å². The Bertz CT molecular complexity index is 394. The first-order chi connectivity index (χ1) is 8.96. The van der Waals surface area contributed by atoms with Crippen LogP contribution in [-0.2, 0) is 4.74 Å². The maximum Gasteiger partial charge on any atom is 0.226 e. The standard InChI is InChI=1S/C14H25N3O2/c1-6-19-12-9-11(2)16-13(17-12)15-10-14(3,4)7-8-18-5/h9H,6-8,10H2,1-5H3,(H,15,16,17). The van der Waals surface area contributed by atoms with Crippen LogP contribution in [0.15, 0.2) is 6.07 Å². The molecule has 1 aromatic rings. The molecule has 0 aromatic carbocycles. The number of rotatable bonds is 8. The Morgan fingerprint density at radius 3 is 2.68 bits per heavy atom. The second-order valence-electron chi connectivity index (χ2n) is 5.36. The van der Waals surface area contributed by atoms with E-state index >= 15 is 0 Å². The minimum Gasteiger partial charge on any atom is -0.478 e. The number of hydrogen-bond acceptors (Lipinski definition) is 5. The van der Waals surface area contributed by atoms with E-state index in [1.54, 1.807) is 7.11 Å². The zero-order valence-electron chi connectivity index (χ0n) is 12.6. The Balaban J connectivity index is 2.61. The molecule has 1 heterocycles. The molecule has 0 saturated heterocycles. The number of aromatic nitrogens is 2. The van der Waals surface area contributed by atoms with Crippen molar-refractivity contribution in [1.29, 1.82) is 0 Å². The first kappa shape index (κ1) is 15.7. The summed E-state index contributed by atoms with van der Waals surface area (Å²) in [6, 6.07) is 1.84. The highest BCUT2D eigenvalue weighted by Gasteiger charge is 2.18. The van der Waals surface area contributed by atoms with E-state index < -0.39 is 0 Å². The quantitative estimate of drug-likeness (QED) is 0.784. The average Bonchev–Trinajstić information content (AvgIpc) is 2.34. The molecule has 0 aliphatic rings. The summed E-state index contributed by atoms with van der Waals surface area (Å²) in [7, 11) is 1.72. The van der Waals surface area contributed by atoms with Gasteiger partial charge in [0.05, 0.1) is 6.61 Å². The van der Waals surface area contributed by atoms with Gasteiger partial charge in [0.1, 0.15) is 0 Å². The first-order valence-electron chi connectivity index (χ1n) is 6.68. The Labute approximate surface area is 115 Å². The molecule has 0 amide bonds. The molecule has 5 nitrogen and oxygen atoms in total. The average molecular weight is 267 g/mol. The topological polar surface area (TPSA) is 56.3 Å². The van der Waals surface area contributed by atoms with E-state index in [1.807, 2.05) is 19.9 Å². The number of aryl methyl sites for hydroxylation is 1. The van der Waals surface area contributed by atoms with Crippen molar-refractivity contribution >= 4 is 5.95 Å². The molecule has 0 aliphatic carbocycles. The van der Waals surface area contributed by atoms with E-state index in [4.69, 9.17) is 9.47 Å². The van der Waals surface area contributed by atoms with Gasteiger partial charge in [-0.25, -0.2) is 4.98 Å². The van der Waals surface area contributed by atoms with Crippen LogP contribution >= 0.6 is 0 Å². The largest absolute Gasteiger partial charge is 0.478 e. The molecular formula is C14H25N3O2. The van der Waals surface area contributed by atoms with Crippen molar-refractivity contribution in [3.63, 3.8) is 0 Å². The van der Waals surface area contributed by atoms with Gasteiger partial charge in [-0.1, -0.05) is 13.8 Å². The van der Waals surface area contributed by atoms with Crippen molar-refractivity contribution < 1.29 is 9.47 Å². The second-order valence-corrected chi connectivity index (χ2v) is 5.36. The fourth-order valence-corrected chi connectivity index (χ4v) is 1.63. The molecule has 0 unspecified atom stereocenters. The molecule has 0 spiro atoms. The van der Waals surface area contributed by atoms with Crippen molar-refractivity contribution in [2.45, 2.75) is 34.1 Å². The summed E-state index contributed by atoms with van der Waals surface area (Å²) in [5.74, 6) is 1.24. The Hall–Kier alpha value is -1.36. The highest BCUT2D eigenvalue weighted by Crippen LogP contribution is 2.21. The van der Waals surface area contributed by atoms with Gasteiger partial charge < -0.3 is 14.8 Å². The number of ether oxygens (including phenoxy) is 2. The highest BCUT2D eigenvalue weighted by atomic mass is 16.5. The lowest BCUT2D eigenvalue weighted by atomic mass is 9.90. The molecule has 0 aliphatic heterocycles. The van der Waals surface area contributed by atoms with Gasteiger partial charge in [0.25, 0.3) is 0 Å². The van der Waals surface area contributed by atoms with Gasteiger partial charge in [-0.15, -0.1) is 0 Å². The summed E-state index contributed by atoms with van der Waals surface area (Å²) in [6.45, 7) is 10.4. The lowest BCUT2D eigenvalue weighted by Crippen LogP contribution is -2.25. The van der Waals surface area contributed by atoms with Crippen LogP contribution in [0.25, 0.3) is 0 Å². The van der Waals surface area contributed by atoms with Gasteiger partial charge in [0.2, 0.25) is 11.8 Å². The second kappa shape index (κ2) is 7.28. The number of hydrogen-bond donors (Lipinski definition) is 1. The van der Waals surface area contributed by atoms with E-state index in [0.29, 0.717) is 18.4 Å². The predicted octanol–water partition coefficient (Wildman–Crippen LogP) is 2.66. The molecule has 0 atom stereocenters. The summed E-state index contributed by atoms with van der Waals surface area (Å²) < 4.78 is 10.5. The van der Waals surface area contributed by atoms with E-state index in [-0.39, 0.29) is 5.41 Å². The Kier molecular flexibility index (Phi) is 6.02. The van der Waals surface area contributed by atoms with E-state index in [2.05, 4.69) is 29.1 Å². The third-order valence-corrected chi connectivity index (χ3v) is 2.83. The third kappa shape index (κ3) is 5.87. The fraction of sp³-hybridized carbons (Fsp3) is 0.714. The maximum atomic E-state index is 5.41. The first-order valence-corrected chi connectivity index (χ1v) is 6.68. The van der Waals surface area contributed by atoms with Crippen molar-refractivity contribution in [3.05, 3.63) is 11.8 Å². The monoisotopic (exact) mass is 267 g/mol. The van der Waals surface area contributed by atoms with E-state index in [9.17, 15) is 0 Å². The number of nitrogens with zero attached hydrogens (tertiary/aromatic N) is 2. The zero-order chi connectivity index (χ0) is 14.3. The molecule has 1 aromatic heterocycles. The van der Waals surface area contributed by atoms with Crippen molar-refractivity contribution in [3.8, 4) is 5.88 Å². The van der Waals surface area contributed by atoms with Crippen LogP contribution < -0.4 is 10.1 Å². The van der Waals surface area contributed by atoms with Gasteiger partial charge in [-0.05, 0) is 25.7 Å². The molecule has 0 saturated carbocycles. The molecule has 108 valence electrons. The zero-order valence-corrected chi connectivity index (χ0v) is 12.6. The van der Waals surface area contributed by atoms with Crippen molar-refractivity contribution in [2.24, 2.45) is 5.41 Å². The SMILES string of the molecule is CCOc1cc(C)nc(NCC(C)(C)CCOC)n1. The molecule has 1 rings (SSSR count). The lowest BCUT2D eigenvalue weighted by molar-refractivity contribution is 0.157. The Morgan fingerprint density at radius 1 is 1.32 bits per heavy atom. The van der Waals surface area contributed by atoms with E-state index in [0.717, 1.165) is 25.3 Å². The van der Waals surface area contributed by atoms with Gasteiger partial charge in [0, 0.05) is 32.0 Å².